The molecule has 0 aromatic carbocycles. The zero-order valence-corrected chi connectivity index (χ0v) is 4.87. The molecule has 4 heteroatoms. The number of halogens is 3. The third-order valence-corrected chi connectivity index (χ3v) is 0.771. The van der Waals surface area contributed by atoms with Gasteiger partial charge < -0.3 is 0 Å². The Bertz CT molecular complexity index is 125. The molecule has 52 valence electrons. The third kappa shape index (κ3) is 3.83. The summed E-state index contributed by atoms with van der Waals surface area (Å²) in [6.07, 6.45) is -3.76. The molecule has 0 saturated carbocycles. The molecule has 0 aromatic rings. The van der Waals surface area contributed by atoms with Crippen molar-refractivity contribution in [2.24, 2.45) is 0 Å². The Labute approximate surface area is 51.1 Å². The van der Waals surface area contributed by atoms with Crippen molar-refractivity contribution in [1.29, 1.82) is 5.26 Å². The second-order valence-electron chi connectivity index (χ2n) is 1.90. The Morgan fingerprint density at radius 1 is 1.67 bits per heavy atom. The molecule has 0 aliphatic rings. The van der Waals surface area contributed by atoms with E-state index in [1.54, 1.807) is 0 Å². The minimum absolute atomic E-state index is 0.832. The van der Waals surface area contributed by atoms with Gasteiger partial charge in [0.2, 0.25) is 6.43 Å². The smallest absolute Gasteiger partial charge is 0.227 e. The fourth-order valence-electron chi connectivity index (χ4n) is 0.335. The van der Waals surface area contributed by atoms with E-state index in [9.17, 15) is 13.2 Å². The number of rotatable bonds is 2. The van der Waals surface area contributed by atoms with Crippen LogP contribution in [0, 0.1) is 11.3 Å². The first-order valence-corrected chi connectivity index (χ1v) is 2.36. The molecule has 0 aromatic heterocycles. The molecule has 9 heavy (non-hydrogen) atoms. The third-order valence-electron chi connectivity index (χ3n) is 0.771. The molecule has 0 aliphatic heterocycles. The molecule has 0 saturated heterocycles. The van der Waals surface area contributed by atoms with E-state index < -0.39 is 18.5 Å². The van der Waals surface area contributed by atoms with Crippen molar-refractivity contribution in [2.45, 2.75) is 25.4 Å². The summed E-state index contributed by atoms with van der Waals surface area (Å²) in [5.41, 5.74) is -2.38. The van der Waals surface area contributed by atoms with E-state index in [-0.39, 0.29) is 0 Å². The van der Waals surface area contributed by atoms with Gasteiger partial charge in [-0.05, 0) is 6.92 Å². The molecule has 0 bridgehead atoms. The Hall–Kier alpha value is -0.720. The fourth-order valence-corrected chi connectivity index (χ4v) is 0.335. The molecule has 1 unspecified atom stereocenters. The second kappa shape index (κ2) is 2.72. The number of hydrogen-bond acceptors (Lipinski definition) is 1. The molecule has 0 amide bonds. The maximum absolute atomic E-state index is 12.2. The maximum atomic E-state index is 12.2. The summed E-state index contributed by atoms with van der Waals surface area (Å²) in [6.45, 7) is 0.832. The lowest BCUT2D eigenvalue weighted by Crippen LogP contribution is -2.18. The van der Waals surface area contributed by atoms with Crippen LogP contribution in [0.15, 0.2) is 0 Å². The van der Waals surface area contributed by atoms with Crippen molar-refractivity contribution in [3.63, 3.8) is 0 Å². The highest BCUT2D eigenvalue weighted by atomic mass is 19.3. The molecule has 0 N–H and O–H groups in total. The standard InChI is InChI=1S/C5H6F3N/c1-5(8,3-9)2-4(6)7/h4H,2H2,1H3. The first-order chi connectivity index (χ1) is 3.98. The second-order valence-corrected chi connectivity index (χ2v) is 1.90. The summed E-state index contributed by atoms with van der Waals surface area (Å²) < 4.78 is 34.9. The van der Waals surface area contributed by atoms with E-state index in [0.29, 0.717) is 0 Å². The van der Waals surface area contributed by atoms with Crippen molar-refractivity contribution < 1.29 is 13.2 Å². The lowest BCUT2D eigenvalue weighted by molar-refractivity contribution is 0.0810. The monoisotopic (exact) mass is 137 g/mol. The van der Waals surface area contributed by atoms with E-state index >= 15 is 0 Å². The fraction of sp³-hybridized carbons (Fsp3) is 0.800. The summed E-state index contributed by atoms with van der Waals surface area (Å²) in [5, 5.41) is 7.88. The summed E-state index contributed by atoms with van der Waals surface area (Å²) in [4.78, 5) is 0. The van der Waals surface area contributed by atoms with E-state index in [0.717, 1.165) is 13.0 Å². The van der Waals surface area contributed by atoms with Crippen LogP contribution in [0.3, 0.4) is 0 Å². The van der Waals surface area contributed by atoms with Gasteiger partial charge in [-0.15, -0.1) is 0 Å². The molecule has 0 radical (unpaired) electrons. The summed E-state index contributed by atoms with van der Waals surface area (Å²) >= 11 is 0. The first kappa shape index (κ1) is 8.28. The van der Waals surface area contributed by atoms with Crippen LogP contribution >= 0.6 is 0 Å². The summed E-state index contributed by atoms with van der Waals surface area (Å²) in [6, 6.07) is 1.13. The quantitative estimate of drug-likeness (QED) is 0.570. The molecule has 0 heterocycles. The van der Waals surface area contributed by atoms with E-state index in [4.69, 9.17) is 5.26 Å². The maximum Gasteiger partial charge on any atom is 0.242 e. The minimum atomic E-state index is -2.75. The Kier molecular flexibility index (Phi) is 2.50. The van der Waals surface area contributed by atoms with Crippen molar-refractivity contribution in [3.8, 4) is 6.07 Å². The van der Waals surface area contributed by atoms with Gasteiger partial charge in [0.25, 0.3) is 0 Å². The lowest BCUT2D eigenvalue weighted by Gasteiger charge is -2.08. The largest absolute Gasteiger partial charge is 0.242 e. The van der Waals surface area contributed by atoms with Gasteiger partial charge in [0.05, 0.1) is 6.42 Å². The lowest BCUT2D eigenvalue weighted by atomic mass is 10.1. The van der Waals surface area contributed by atoms with Gasteiger partial charge in [-0.2, -0.15) is 5.26 Å². The molecular formula is C5H6F3N. The van der Waals surface area contributed by atoms with Gasteiger partial charge in [-0.25, -0.2) is 13.2 Å². The normalized spacial score (nSPS) is 16.9. The number of alkyl halides is 3. The van der Waals surface area contributed by atoms with Gasteiger partial charge in [0.1, 0.15) is 6.07 Å². The van der Waals surface area contributed by atoms with Crippen LogP contribution in [0.2, 0.25) is 0 Å². The SMILES string of the molecule is CC(F)(C#N)CC(F)F. The Morgan fingerprint density at radius 3 is 2.22 bits per heavy atom. The summed E-state index contributed by atoms with van der Waals surface area (Å²) in [5.74, 6) is 0. The van der Waals surface area contributed by atoms with E-state index in [1.165, 1.54) is 0 Å². The molecule has 0 aliphatic carbocycles. The van der Waals surface area contributed by atoms with Gasteiger partial charge in [-0.1, -0.05) is 0 Å². The predicted molar refractivity (Wildman–Crippen MR) is 25.7 cm³/mol. The number of hydrogen-bond donors (Lipinski definition) is 0. The van der Waals surface area contributed by atoms with E-state index in [2.05, 4.69) is 0 Å². The van der Waals surface area contributed by atoms with Gasteiger partial charge in [-0.3, -0.25) is 0 Å². The van der Waals surface area contributed by atoms with Crippen molar-refractivity contribution in [1.82, 2.24) is 0 Å². The Morgan fingerprint density at radius 2 is 2.11 bits per heavy atom. The molecule has 0 fully saturated rings. The van der Waals surface area contributed by atoms with Crippen LogP contribution in [0.25, 0.3) is 0 Å². The zero-order chi connectivity index (χ0) is 7.49. The average Bonchev–Trinajstić information content (AvgIpc) is 1.63. The zero-order valence-electron chi connectivity index (χ0n) is 4.87. The van der Waals surface area contributed by atoms with Crippen LogP contribution in [-0.4, -0.2) is 12.1 Å². The average molecular weight is 137 g/mol. The minimum Gasteiger partial charge on any atom is -0.227 e. The molecule has 1 nitrogen and oxygen atoms in total. The van der Waals surface area contributed by atoms with Crippen molar-refractivity contribution >= 4 is 0 Å². The first-order valence-electron chi connectivity index (χ1n) is 2.36. The highest BCUT2D eigenvalue weighted by molar-refractivity contribution is 4.96. The van der Waals surface area contributed by atoms with Gasteiger partial charge in [0, 0.05) is 0 Å². The van der Waals surface area contributed by atoms with Crippen LogP contribution in [0.4, 0.5) is 13.2 Å². The van der Waals surface area contributed by atoms with Crippen LogP contribution < -0.4 is 0 Å². The Balaban J connectivity index is 3.76. The highest BCUT2D eigenvalue weighted by Crippen LogP contribution is 2.18. The molecule has 0 spiro atoms. The van der Waals surface area contributed by atoms with Gasteiger partial charge >= 0.3 is 0 Å². The van der Waals surface area contributed by atoms with Crippen molar-refractivity contribution in [2.75, 3.05) is 0 Å². The topological polar surface area (TPSA) is 23.8 Å². The van der Waals surface area contributed by atoms with Crippen LogP contribution in [-0.2, 0) is 0 Å². The molecule has 1 atom stereocenters. The van der Waals surface area contributed by atoms with E-state index in [1.807, 2.05) is 0 Å². The number of nitriles is 1. The highest BCUT2D eigenvalue weighted by Gasteiger charge is 2.26. The van der Waals surface area contributed by atoms with Gasteiger partial charge in [0.15, 0.2) is 5.67 Å². The van der Waals surface area contributed by atoms with Crippen LogP contribution in [0.5, 0.6) is 0 Å². The predicted octanol–water partition coefficient (Wildman–Crippen LogP) is 1.89. The number of nitrogens with zero attached hydrogens (tertiary/aromatic N) is 1. The molecular weight excluding hydrogens is 131 g/mol. The van der Waals surface area contributed by atoms with Crippen molar-refractivity contribution in [3.05, 3.63) is 0 Å². The molecule has 0 rings (SSSR count). The van der Waals surface area contributed by atoms with Crippen LogP contribution in [0.1, 0.15) is 13.3 Å². The summed E-state index contributed by atoms with van der Waals surface area (Å²) in [7, 11) is 0.